The van der Waals surface area contributed by atoms with Gasteiger partial charge < -0.3 is 15.0 Å². The standard InChI is InChI=1S/C11H17N3O4S/c1-14-4-2-3-8(14)6-13-19(17,18)9-5-10(11(15)16)12-7-9/h5,7-8,12-13H,2-4,6H2,1H3,(H,15,16). The number of aromatic amines is 1. The molecule has 0 radical (unpaired) electrons. The minimum Gasteiger partial charge on any atom is -0.477 e. The SMILES string of the molecule is CN1CCCC1CNS(=O)(=O)c1c[nH]c(C(=O)O)c1. The molecule has 3 N–H and O–H groups in total. The van der Waals surface area contributed by atoms with Crippen LogP contribution < -0.4 is 4.72 Å². The van der Waals surface area contributed by atoms with E-state index < -0.39 is 16.0 Å². The third kappa shape index (κ3) is 3.14. The maximum absolute atomic E-state index is 12.0. The fraction of sp³-hybridized carbons (Fsp3) is 0.545. The Balaban J connectivity index is 2.03. The summed E-state index contributed by atoms with van der Waals surface area (Å²) in [5.41, 5.74) is -0.140. The number of nitrogens with one attached hydrogen (secondary N) is 2. The molecule has 2 rings (SSSR count). The van der Waals surface area contributed by atoms with E-state index in [0.29, 0.717) is 6.54 Å². The van der Waals surface area contributed by atoms with Crippen LogP contribution in [0.25, 0.3) is 0 Å². The first-order valence-corrected chi connectivity index (χ1v) is 7.50. The third-order valence-corrected chi connectivity index (χ3v) is 4.78. The first-order chi connectivity index (χ1) is 8.90. The highest BCUT2D eigenvalue weighted by atomic mass is 32.2. The van der Waals surface area contributed by atoms with E-state index in [1.54, 1.807) is 0 Å². The Morgan fingerprint density at radius 3 is 2.89 bits per heavy atom. The van der Waals surface area contributed by atoms with Gasteiger partial charge in [0.15, 0.2) is 0 Å². The number of aromatic nitrogens is 1. The van der Waals surface area contributed by atoms with E-state index >= 15 is 0 Å². The molecule has 0 aliphatic carbocycles. The number of carboxylic acid groups (broad SMARTS) is 1. The van der Waals surface area contributed by atoms with Crippen molar-refractivity contribution in [2.75, 3.05) is 20.1 Å². The molecule has 1 fully saturated rings. The highest BCUT2D eigenvalue weighted by Gasteiger charge is 2.24. The van der Waals surface area contributed by atoms with Crippen LogP contribution in [0.2, 0.25) is 0 Å². The molecular formula is C11H17N3O4S. The lowest BCUT2D eigenvalue weighted by Crippen LogP contribution is -2.38. The van der Waals surface area contributed by atoms with Gasteiger partial charge in [-0.25, -0.2) is 17.9 Å². The lowest BCUT2D eigenvalue weighted by atomic mass is 10.2. The van der Waals surface area contributed by atoms with Crippen LogP contribution in [-0.2, 0) is 10.0 Å². The molecule has 0 spiro atoms. The van der Waals surface area contributed by atoms with E-state index in [9.17, 15) is 13.2 Å². The lowest BCUT2D eigenvalue weighted by Gasteiger charge is -2.19. The zero-order chi connectivity index (χ0) is 14.0. The number of carbonyl (C=O) groups is 1. The maximum atomic E-state index is 12.0. The summed E-state index contributed by atoms with van der Waals surface area (Å²) < 4.78 is 26.5. The summed E-state index contributed by atoms with van der Waals surface area (Å²) in [5.74, 6) is -1.18. The van der Waals surface area contributed by atoms with E-state index in [2.05, 4.69) is 14.6 Å². The molecule has 1 atom stereocenters. The highest BCUT2D eigenvalue weighted by molar-refractivity contribution is 7.89. The van der Waals surface area contributed by atoms with Gasteiger partial charge >= 0.3 is 5.97 Å². The molecule has 19 heavy (non-hydrogen) atoms. The van der Waals surface area contributed by atoms with Crippen LogP contribution in [0.15, 0.2) is 17.2 Å². The predicted octanol–water partition coefficient (Wildman–Crippen LogP) is 0.0854. The predicted molar refractivity (Wildman–Crippen MR) is 68.6 cm³/mol. The molecule has 1 aromatic heterocycles. The summed E-state index contributed by atoms with van der Waals surface area (Å²) in [4.78, 5) is 15.2. The summed E-state index contributed by atoms with van der Waals surface area (Å²) in [6.07, 6.45) is 3.22. The fourth-order valence-electron chi connectivity index (χ4n) is 2.18. The van der Waals surface area contributed by atoms with Crippen LogP contribution in [0.4, 0.5) is 0 Å². The van der Waals surface area contributed by atoms with Gasteiger partial charge in [0.2, 0.25) is 10.0 Å². The summed E-state index contributed by atoms with van der Waals surface area (Å²) in [6.45, 7) is 1.31. The van der Waals surface area contributed by atoms with Gasteiger partial charge in [-0.3, -0.25) is 0 Å². The smallest absolute Gasteiger partial charge is 0.352 e. The number of hydrogen-bond donors (Lipinski definition) is 3. The van der Waals surface area contributed by atoms with Crippen LogP contribution >= 0.6 is 0 Å². The summed E-state index contributed by atoms with van der Waals surface area (Å²) in [7, 11) is -1.69. The fourth-order valence-corrected chi connectivity index (χ4v) is 3.25. The van der Waals surface area contributed by atoms with Gasteiger partial charge in [-0.2, -0.15) is 0 Å². The number of likely N-dealkylation sites (N-methyl/N-ethyl adjacent to an activating group) is 1. The molecule has 2 heterocycles. The second kappa shape index (κ2) is 5.32. The first-order valence-electron chi connectivity index (χ1n) is 6.02. The van der Waals surface area contributed by atoms with Crippen LogP contribution in [0.3, 0.4) is 0 Å². The van der Waals surface area contributed by atoms with E-state index in [4.69, 9.17) is 5.11 Å². The molecule has 1 aliphatic heterocycles. The summed E-state index contributed by atoms with van der Waals surface area (Å²) in [5, 5.41) is 8.75. The number of nitrogens with zero attached hydrogens (tertiary/aromatic N) is 1. The topological polar surface area (TPSA) is 103 Å². The third-order valence-electron chi connectivity index (χ3n) is 3.38. The molecule has 0 aromatic carbocycles. The van der Waals surface area contributed by atoms with Crippen molar-refractivity contribution >= 4 is 16.0 Å². The minimum absolute atomic E-state index is 0.0504. The lowest BCUT2D eigenvalue weighted by molar-refractivity contribution is 0.0691. The molecule has 7 nitrogen and oxygen atoms in total. The van der Waals surface area contributed by atoms with Gasteiger partial charge in [-0.1, -0.05) is 0 Å². The van der Waals surface area contributed by atoms with Gasteiger partial charge in [-0.05, 0) is 32.5 Å². The molecule has 0 saturated carbocycles. The number of sulfonamides is 1. The zero-order valence-electron chi connectivity index (χ0n) is 10.6. The van der Waals surface area contributed by atoms with Crippen LogP contribution in [0.1, 0.15) is 23.3 Å². The Morgan fingerprint density at radius 2 is 2.37 bits per heavy atom. The molecular weight excluding hydrogens is 270 g/mol. The molecule has 106 valence electrons. The van der Waals surface area contributed by atoms with Gasteiger partial charge in [0.05, 0.1) is 0 Å². The van der Waals surface area contributed by atoms with Crippen molar-refractivity contribution in [3.8, 4) is 0 Å². The summed E-state index contributed by atoms with van der Waals surface area (Å²) in [6, 6.07) is 1.32. The largest absolute Gasteiger partial charge is 0.477 e. The Hall–Kier alpha value is -1.38. The van der Waals surface area contributed by atoms with Crippen molar-refractivity contribution in [1.29, 1.82) is 0 Å². The zero-order valence-corrected chi connectivity index (χ0v) is 11.4. The number of aromatic carboxylic acids is 1. The van der Waals surface area contributed by atoms with Crippen LogP contribution in [-0.4, -0.2) is 55.6 Å². The molecule has 1 unspecified atom stereocenters. The molecule has 0 amide bonds. The van der Waals surface area contributed by atoms with Gasteiger partial charge in [0, 0.05) is 18.8 Å². The second-order valence-electron chi connectivity index (χ2n) is 4.68. The normalized spacial score (nSPS) is 20.8. The monoisotopic (exact) mass is 287 g/mol. The number of rotatable bonds is 5. The van der Waals surface area contributed by atoms with Crippen LogP contribution in [0, 0.1) is 0 Å². The summed E-state index contributed by atoms with van der Waals surface area (Å²) >= 11 is 0. The number of hydrogen-bond acceptors (Lipinski definition) is 4. The molecule has 1 aliphatic rings. The van der Waals surface area contributed by atoms with Crippen molar-refractivity contribution in [2.45, 2.75) is 23.8 Å². The van der Waals surface area contributed by atoms with Crippen molar-refractivity contribution < 1.29 is 18.3 Å². The van der Waals surface area contributed by atoms with Gasteiger partial charge in [-0.15, -0.1) is 0 Å². The second-order valence-corrected chi connectivity index (χ2v) is 6.45. The Morgan fingerprint density at radius 1 is 1.63 bits per heavy atom. The minimum atomic E-state index is -3.66. The molecule has 0 bridgehead atoms. The van der Waals surface area contributed by atoms with Crippen molar-refractivity contribution in [2.24, 2.45) is 0 Å². The molecule has 1 saturated heterocycles. The molecule has 1 aromatic rings. The van der Waals surface area contributed by atoms with E-state index in [0.717, 1.165) is 25.5 Å². The van der Waals surface area contributed by atoms with E-state index in [1.165, 1.54) is 6.20 Å². The van der Waals surface area contributed by atoms with Gasteiger partial charge in [0.1, 0.15) is 10.6 Å². The van der Waals surface area contributed by atoms with E-state index in [-0.39, 0.29) is 16.6 Å². The van der Waals surface area contributed by atoms with Crippen LogP contribution in [0.5, 0.6) is 0 Å². The van der Waals surface area contributed by atoms with Crippen molar-refractivity contribution in [1.82, 2.24) is 14.6 Å². The Bertz CT molecular complexity index is 566. The first kappa shape index (κ1) is 14.0. The number of H-pyrrole nitrogens is 1. The molecule has 8 heteroatoms. The number of likely N-dealkylation sites (tertiary alicyclic amines) is 1. The quantitative estimate of drug-likeness (QED) is 0.712. The van der Waals surface area contributed by atoms with Gasteiger partial charge in [0.25, 0.3) is 0 Å². The Labute approximate surface area is 111 Å². The van der Waals surface area contributed by atoms with Crippen molar-refractivity contribution in [3.63, 3.8) is 0 Å². The van der Waals surface area contributed by atoms with E-state index in [1.807, 2.05) is 7.05 Å². The highest BCUT2D eigenvalue weighted by Crippen LogP contribution is 2.15. The maximum Gasteiger partial charge on any atom is 0.352 e. The van der Waals surface area contributed by atoms with Crippen molar-refractivity contribution in [3.05, 3.63) is 18.0 Å². The average molecular weight is 287 g/mol. The number of carboxylic acids is 1. The average Bonchev–Trinajstić information content (AvgIpc) is 2.95. The Kier molecular flexibility index (Phi) is 3.93.